The van der Waals surface area contributed by atoms with Gasteiger partial charge in [-0.2, -0.15) is 0 Å². The van der Waals surface area contributed by atoms with Crippen LogP contribution in [0.3, 0.4) is 0 Å². The molecule has 0 aromatic carbocycles. The molecule has 1 heterocycles. The molecule has 88 valence electrons. The average molecular weight is 210 g/mol. The van der Waals surface area contributed by atoms with Crippen molar-refractivity contribution in [3.63, 3.8) is 0 Å². The summed E-state index contributed by atoms with van der Waals surface area (Å²) in [6, 6.07) is 1.61. The first-order chi connectivity index (χ1) is 7.02. The van der Waals surface area contributed by atoms with E-state index in [9.17, 15) is 0 Å². The summed E-state index contributed by atoms with van der Waals surface area (Å²) in [6.07, 6.45) is 5.78. The molecule has 1 aliphatic heterocycles. The fourth-order valence-corrected chi connectivity index (χ4v) is 3.23. The van der Waals surface area contributed by atoms with Gasteiger partial charge in [-0.15, -0.1) is 0 Å². The van der Waals surface area contributed by atoms with E-state index in [4.69, 9.17) is 0 Å². The second-order valence-corrected chi connectivity index (χ2v) is 6.16. The SMILES string of the molecule is CC(C)N1CCC2(CC1)CC(N(C)C)C2. The summed E-state index contributed by atoms with van der Waals surface area (Å²) in [5, 5.41) is 0. The molecule has 2 nitrogen and oxygen atoms in total. The van der Waals surface area contributed by atoms with Crippen LogP contribution in [0, 0.1) is 5.41 Å². The van der Waals surface area contributed by atoms with E-state index in [-0.39, 0.29) is 0 Å². The number of piperidine rings is 1. The number of hydrogen-bond acceptors (Lipinski definition) is 2. The summed E-state index contributed by atoms with van der Waals surface area (Å²) in [4.78, 5) is 5.04. The third kappa shape index (κ3) is 2.21. The highest BCUT2D eigenvalue weighted by atomic mass is 15.2. The Labute approximate surface area is 94.6 Å². The van der Waals surface area contributed by atoms with Crippen LogP contribution in [0.1, 0.15) is 39.5 Å². The van der Waals surface area contributed by atoms with E-state index in [1.165, 1.54) is 38.8 Å². The molecule has 0 N–H and O–H groups in total. The van der Waals surface area contributed by atoms with Gasteiger partial charge in [0.15, 0.2) is 0 Å². The van der Waals surface area contributed by atoms with Crippen LogP contribution in [0.2, 0.25) is 0 Å². The lowest BCUT2D eigenvalue weighted by Crippen LogP contribution is -2.54. The summed E-state index contributed by atoms with van der Waals surface area (Å²) in [6.45, 7) is 7.30. The summed E-state index contributed by atoms with van der Waals surface area (Å²) in [5.41, 5.74) is 0.736. The molecule has 2 rings (SSSR count). The lowest BCUT2D eigenvalue weighted by Gasteiger charge is -2.54. The maximum atomic E-state index is 2.63. The summed E-state index contributed by atoms with van der Waals surface area (Å²) in [7, 11) is 4.45. The van der Waals surface area contributed by atoms with E-state index in [0.29, 0.717) is 0 Å². The van der Waals surface area contributed by atoms with Gasteiger partial charge in [0.25, 0.3) is 0 Å². The number of rotatable bonds is 2. The predicted molar refractivity (Wildman–Crippen MR) is 65.1 cm³/mol. The Bertz CT molecular complexity index is 207. The van der Waals surface area contributed by atoms with E-state index >= 15 is 0 Å². The van der Waals surface area contributed by atoms with Gasteiger partial charge in [-0.1, -0.05) is 0 Å². The highest BCUT2D eigenvalue weighted by Gasteiger charge is 2.46. The van der Waals surface area contributed by atoms with Crippen molar-refractivity contribution in [1.29, 1.82) is 0 Å². The molecule has 0 atom stereocenters. The third-order valence-corrected chi connectivity index (χ3v) is 4.66. The molecule has 1 saturated carbocycles. The molecule has 1 saturated heterocycles. The Kier molecular flexibility index (Phi) is 3.09. The third-order valence-electron chi connectivity index (χ3n) is 4.66. The van der Waals surface area contributed by atoms with Crippen LogP contribution >= 0.6 is 0 Å². The molecule has 0 amide bonds. The first kappa shape index (κ1) is 11.4. The number of hydrogen-bond donors (Lipinski definition) is 0. The van der Waals surface area contributed by atoms with Crippen LogP contribution in [0.4, 0.5) is 0 Å². The Balaban J connectivity index is 1.80. The van der Waals surface area contributed by atoms with Crippen molar-refractivity contribution in [3.05, 3.63) is 0 Å². The smallest absolute Gasteiger partial charge is 0.00997 e. The molecule has 2 aliphatic rings. The van der Waals surface area contributed by atoms with Crippen LogP contribution in [0.15, 0.2) is 0 Å². The number of likely N-dealkylation sites (tertiary alicyclic amines) is 1. The zero-order valence-corrected chi connectivity index (χ0v) is 10.8. The topological polar surface area (TPSA) is 6.48 Å². The molecule has 15 heavy (non-hydrogen) atoms. The van der Waals surface area contributed by atoms with Gasteiger partial charge in [0, 0.05) is 12.1 Å². The molecule has 0 bridgehead atoms. The molecule has 2 heteroatoms. The summed E-state index contributed by atoms with van der Waals surface area (Å²) < 4.78 is 0. The first-order valence-corrected chi connectivity index (χ1v) is 6.43. The highest BCUT2D eigenvalue weighted by molar-refractivity contribution is 5.00. The average Bonchev–Trinajstić information content (AvgIpc) is 2.13. The van der Waals surface area contributed by atoms with Crippen LogP contribution in [0.5, 0.6) is 0 Å². The minimum Gasteiger partial charge on any atom is -0.306 e. The first-order valence-electron chi connectivity index (χ1n) is 6.43. The Hall–Kier alpha value is -0.0800. The molecule has 0 radical (unpaired) electrons. The highest BCUT2D eigenvalue weighted by Crippen LogP contribution is 2.50. The van der Waals surface area contributed by atoms with Crippen LogP contribution in [-0.2, 0) is 0 Å². The maximum absolute atomic E-state index is 2.63. The van der Waals surface area contributed by atoms with Crippen molar-refractivity contribution in [3.8, 4) is 0 Å². The van der Waals surface area contributed by atoms with Crippen LogP contribution in [-0.4, -0.2) is 49.1 Å². The summed E-state index contributed by atoms with van der Waals surface area (Å²) in [5.74, 6) is 0. The normalized spacial score (nSPS) is 27.6. The van der Waals surface area contributed by atoms with Crippen molar-refractivity contribution in [1.82, 2.24) is 9.80 Å². The van der Waals surface area contributed by atoms with E-state index in [0.717, 1.165) is 17.5 Å². The van der Waals surface area contributed by atoms with E-state index in [1.54, 1.807) is 0 Å². The Morgan fingerprint density at radius 1 is 1.13 bits per heavy atom. The molecule has 1 aliphatic carbocycles. The van der Waals surface area contributed by atoms with E-state index in [2.05, 4.69) is 37.7 Å². The summed E-state index contributed by atoms with van der Waals surface area (Å²) >= 11 is 0. The zero-order chi connectivity index (χ0) is 11.1. The zero-order valence-electron chi connectivity index (χ0n) is 10.8. The minimum absolute atomic E-state index is 0.736. The molecule has 0 aromatic heterocycles. The van der Waals surface area contributed by atoms with Gasteiger partial charge < -0.3 is 9.80 Å². The molecular formula is C13H26N2. The minimum atomic E-state index is 0.736. The lowest BCUT2D eigenvalue weighted by atomic mass is 9.60. The van der Waals surface area contributed by atoms with Gasteiger partial charge in [-0.3, -0.25) is 0 Å². The van der Waals surface area contributed by atoms with Crippen LogP contribution < -0.4 is 0 Å². The van der Waals surface area contributed by atoms with Gasteiger partial charge in [-0.05, 0) is 72.1 Å². The fraction of sp³-hybridized carbons (Fsp3) is 1.00. The van der Waals surface area contributed by atoms with Crippen molar-refractivity contribution in [2.24, 2.45) is 5.41 Å². The van der Waals surface area contributed by atoms with E-state index in [1.807, 2.05) is 0 Å². The van der Waals surface area contributed by atoms with Gasteiger partial charge in [0.05, 0.1) is 0 Å². The van der Waals surface area contributed by atoms with Gasteiger partial charge in [0.2, 0.25) is 0 Å². The van der Waals surface area contributed by atoms with Crippen LogP contribution in [0.25, 0.3) is 0 Å². The van der Waals surface area contributed by atoms with E-state index < -0.39 is 0 Å². The molecule has 0 unspecified atom stereocenters. The second kappa shape index (κ2) is 4.06. The van der Waals surface area contributed by atoms with Gasteiger partial charge in [0.1, 0.15) is 0 Å². The Morgan fingerprint density at radius 2 is 1.67 bits per heavy atom. The standard InChI is InChI=1S/C13H26N2/c1-11(2)15-7-5-13(6-8-15)9-12(10-13)14(3)4/h11-12H,5-10H2,1-4H3. The second-order valence-electron chi connectivity index (χ2n) is 6.16. The lowest BCUT2D eigenvalue weighted by molar-refractivity contribution is -0.0332. The van der Waals surface area contributed by atoms with Crippen molar-refractivity contribution in [2.75, 3.05) is 27.2 Å². The van der Waals surface area contributed by atoms with Crippen molar-refractivity contribution < 1.29 is 0 Å². The molecule has 1 spiro atoms. The van der Waals surface area contributed by atoms with Crippen molar-refractivity contribution >= 4 is 0 Å². The van der Waals surface area contributed by atoms with Gasteiger partial charge >= 0.3 is 0 Å². The Morgan fingerprint density at radius 3 is 2.07 bits per heavy atom. The molecule has 0 aromatic rings. The molecular weight excluding hydrogens is 184 g/mol. The maximum Gasteiger partial charge on any atom is 0.00997 e. The van der Waals surface area contributed by atoms with Crippen molar-refractivity contribution in [2.45, 2.75) is 51.6 Å². The fourth-order valence-electron chi connectivity index (χ4n) is 3.23. The molecule has 2 fully saturated rings. The predicted octanol–water partition coefficient (Wildman–Crippen LogP) is 2.20. The monoisotopic (exact) mass is 210 g/mol. The number of nitrogens with zero attached hydrogens (tertiary/aromatic N) is 2. The van der Waals surface area contributed by atoms with Gasteiger partial charge in [-0.25, -0.2) is 0 Å². The largest absolute Gasteiger partial charge is 0.306 e. The quantitative estimate of drug-likeness (QED) is 0.689.